The number of nitrogens with one attached hydrogen (secondary N) is 2. The van der Waals surface area contributed by atoms with Gasteiger partial charge in [0.2, 0.25) is 0 Å². The summed E-state index contributed by atoms with van der Waals surface area (Å²) < 4.78 is 20.5. The predicted molar refractivity (Wildman–Crippen MR) is 118 cm³/mol. The highest BCUT2D eigenvalue weighted by atomic mass is 19.1. The predicted octanol–water partition coefficient (Wildman–Crippen LogP) is 1.55. The van der Waals surface area contributed by atoms with Crippen LogP contribution in [0.15, 0.2) is 29.1 Å². The Hall–Kier alpha value is -3.89. The maximum absolute atomic E-state index is 14.2. The first-order chi connectivity index (χ1) is 15.4. The van der Waals surface area contributed by atoms with Crippen LogP contribution in [0.3, 0.4) is 0 Å². The number of rotatable bonds is 3. The van der Waals surface area contributed by atoms with Crippen LogP contribution in [0.4, 0.5) is 20.7 Å². The van der Waals surface area contributed by atoms with Gasteiger partial charge in [0.1, 0.15) is 17.2 Å². The van der Waals surface area contributed by atoms with E-state index in [0.717, 1.165) is 16.7 Å². The van der Waals surface area contributed by atoms with Crippen molar-refractivity contribution in [3.8, 4) is 5.69 Å². The molecule has 1 saturated heterocycles. The molecule has 10 nitrogen and oxygen atoms in total. The fourth-order valence-corrected chi connectivity index (χ4v) is 4.04. The third kappa shape index (κ3) is 4.26. The summed E-state index contributed by atoms with van der Waals surface area (Å²) in [6.07, 6.45) is 0.0603. The number of aromatic nitrogens is 1. The van der Waals surface area contributed by atoms with Crippen LogP contribution in [0.5, 0.6) is 0 Å². The molecule has 33 heavy (non-hydrogen) atoms. The highest BCUT2D eigenvalue weighted by molar-refractivity contribution is 6.23. The van der Waals surface area contributed by atoms with Gasteiger partial charge in [-0.2, -0.15) is 0 Å². The van der Waals surface area contributed by atoms with E-state index in [2.05, 4.69) is 10.6 Å². The van der Waals surface area contributed by atoms with Gasteiger partial charge >= 0.3 is 6.09 Å². The Morgan fingerprint density at radius 3 is 2.61 bits per heavy atom. The van der Waals surface area contributed by atoms with E-state index < -0.39 is 34.9 Å². The summed E-state index contributed by atoms with van der Waals surface area (Å²) in [6.45, 7) is 6.20. The molecule has 0 aliphatic carbocycles. The average molecular weight is 457 g/mol. The SMILES string of the molecule is CC(C)(C)OC(=O)NC1CCN(c2ccc(F)cc2-n2c(N)c3c(cc2=O)C(=O)NC3=O)C1. The maximum atomic E-state index is 14.2. The maximum Gasteiger partial charge on any atom is 0.407 e. The van der Waals surface area contributed by atoms with Crippen LogP contribution >= 0.6 is 0 Å². The first-order valence-electron chi connectivity index (χ1n) is 10.4. The zero-order valence-electron chi connectivity index (χ0n) is 18.4. The van der Waals surface area contributed by atoms with Crippen molar-refractivity contribution in [3.05, 3.63) is 51.6 Å². The lowest BCUT2D eigenvalue weighted by Crippen LogP contribution is -2.40. The van der Waals surface area contributed by atoms with Gasteiger partial charge in [0, 0.05) is 25.2 Å². The first-order valence-corrected chi connectivity index (χ1v) is 10.4. The number of imide groups is 1. The molecule has 2 aliphatic heterocycles. The smallest absolute Gasteiger partial charge is 0.407 e. The van der Waals surface area contributed by atoms with Crippen LogP contribution in [0.25, 0.3) is 5.69 Å². The largest absolute Gasteiger partial charge is 0.444 e. The third-order valence-electron chi connectivity index (χ3n) is 5.38. The molecule has 11 heteroatoms. The third-order valence-corrected chi connectivity index (χ3v) is 5.38. The fourth-order valence-electron chi connectivity index (χ4n) is 4.04. The Kier molecular flexibility index (Phi) is 5.35. The van der Waals surface area contributed by atoms with E-state index in [1.54, 1.807) is 20.8 Å². The monoisotopic (exact) mass is 457 g/mol. The number of ether oxygens (including phenoxy) is 1. The van der Waals surface area contributed by atoms with Crippen molar-refractivity contribution in [2.45, 2.75) is 38.8 Å². The highest BCUT2D eigenvalue weighted by Gasteiger charge is 2.33. The van der Waals surface area contributed by atoms with Gasteiger partial charge < -0.3 is 20.7 Å². The molecule has 4 N–H and O–H groups in total. The van der Waals surface area contributed by atoms with Crippen molar-refractivity contribution >= 4 is 29.4 Å². The molecule has 0 radical (unpaired) electrons. The topological polar surface area (TPSA) is 136 Å². The molecule has 0 bridgehead atoms. The number of nitrogen functional groups attached to an aromatic ring is 1. The normalized spacial score (nSPS) is 17.7. The van der Waals surface area contributed by atoms with Crippen LogP contribution in [0.1, 0.15) is 47.9 Å². The van der Waals surface area contributed by atoms with Crippen molar-refractivity contribution in [2.75, 3.05) is 23.7 Å². The Labute approximate surface area is 188 Å². The van der Waals surface area contributed by atoms with Crippen molar-refractivity contribution < 1.29 is 23.5 Å². The van der Waals surface area contributed by atoms with Crippen molar-refractivity contribution in [3.63, 3.8) is 0 Å². The second-order valence-corrected chi connectivity index (χ2v) is 8.99. The molecule has 3 heterocycles. The number of halogens is 1. The molecule has 1 atom stereocenters. The van der Waals surface area contributed by atoms with Gasteiger partial charge in [-0.25, -0.2) is 9.18 Å². The summed E-state index contributed by atoms with van der Waals surface area (Å²) in [5.74, 6) is -2.29. The van der Waals surface area contributed by atoms with Crippen molar-refractivity contribution in [2.24, 2.45) is 0 Å². The molecular weight excluding hydrogens is 433 g/mol. The molecule has 1 fully saturated rings. The standard InChI is InChI=1S/C22H24FN5O5/c1-22(2,3)33-21(32)25-12-6-7-27(10-12)14-5-4-11(23)8-15(14)28-16(29)9-13-17(18(28)24)20(31)26-19(13)30/h4-5,8-9,12H,6-7,10,24H2,1-3H3,(H,25,32)(H,26,30,31). The Morgan fingerprint density at radius 1 is 1.18 bits per heavy atom. The van der Waals surface area contributed by atoms with Gasteiger partial charge in [-0.3, -0.25) is 24.3 Å². The molecule has 0 spiro atoms. The number of benzene rings is 1. The lowest BCUT2D eigenvalue weighted by atomic mass is 10.1. The number of fused-ring (bicyclic) bond motifs is 1. The summed E-state index contributed by atoms with van der Waals surface area (Å²) in [5, 5.41) is 4.92. The van der Waals surface area contributed by atoms with E-state index >= 15 is 0 Å². The lowest BCUT2D eigenvalue weighted by Gasteiger charge is -2.25. The number of alkyl carbamates (subject to hydrolysis) is 1. The quantitative estimate of drug-likeness (QED) is 0.595. The molecule has 174 valence electrons. The number of hydrogen-bond acceptors (Lipinski definition) is 7. The van der Waals surface area contributed by atoms with Crippen molar-refractivity contribution in [1.82, 2.24) is 15.2 Å². The van der Waals surface area contributed by atoms with Gasteiger partial charge in [-0.15, -0.1) is 0 Å². The minimum absolute atomic E-state index is 0.112. The fraction of sp³-hybridized carbons (Fsp3) is 0.364. The number of nitrogens with zero attached hydrogens (tertiary/aromatic N) is 2. The molecule has 1 unspecified atom stereocenters. The van der Waals surface area contributed by atoms with Crippen LogP contribution in [0, 0.1) is 5.82 Å². The second-order valence-electron chi connectivity index (χ2n) is 8.99. The van der Waals surface area contributed by atoms with Gasteiger partial charge in [0.25, 0.3) is 17.4 Å². The number of amides is 3. The number of pyridine rings is 1. The lowest BCUT2D eigenvalue weighted by molar-refractivity contribution is 0.0508. The molecule has 2 aromatic rings. The van der Waals surface area contributed by atoms with Crippen LogP contribution in [-0.2, 0) is 4.74 Å². The van der Waals surface area contributed by atoms with Gasteiger partial charge in [-0.1, -0.05) is 0 Å². The van der Waals surface area contributed by atoms with Gasteiger partial charge in [0.15, 0.2) is 0 Å². The second kappa shape index (κ2) is 7.91. The average Bonchev–Trinajstić information content (AvgIpc) is 3.24. The molecular formula is C22H24FN5O5. The molecule has 3 amide bonds. The molecule has 1 aromatic heterocycles. The van der Waals surface area contributed by atoms with Gasteiger partial charge in [-0.05, 0) is 39.3 Å². The van der Waals surface area contributed by atoms with E-state index in [4.69, 9.17) is 10.5 Å². The van der Waals surface area contributed by atoms with E-state index in [1.165, 1.54) is 12.1 Å². The Balaban J connectivity index is 1.68. The zero-order chi connectivity index (χ0) is 24.1. The number of hydrogen-bond donors (Lipinski definition) is 3. The summed E-state index contributed by atoms with van der Waals surface area (Å²) in [6, 6.07) is 4.68. The van der Waals surface area contributed by atoms with E-state index in [0.29, 0.717) is 25.2 Å². The number of nitrogens with two attached hydrogens (primary N) is 1. The Bertz CT molecular complexity index is 1230. The van der Waals surface area contributed by atoms with E-state index in [1.807, 2.05) is 4.90 Å². The minimum atomic E-state index is -0.720. The number of carbonyl (C=O) groups is 3. The number of anilines is 2. The van der Waals surface area contributed by atoms with Crippen LogP contribution < -0.4 is 26.8 Å². The summed E-state index contributed by atoms with van der Waals surface area (Å²) >= 11 is 0. The molecule has 2 aliphatic rings. The van der Waals surface area contributed by atoms with Crippen molar-refractivity contribution in [1.29, 1.82) is 0 Å². The zero-order valence-corrected chi connectivity index (χ0v) is 18.4. The van der Waals surface area contributed by atoms with E-state index in [-0.39, 0.29) is 28.7 Å². The first kappa shape index (κ1) is 22.3. The Morgan fingerprint density at radius 2 is 1.91 bits per heavy atom. The van der Waals surface area contributed by atoms with Crippen LogP contribution in [-0.4, -0.2) is 47.2 Å². The highest BCUT2D eigenvalue weighted by Crippen LogP contribution is 2.31. The molecule has 0 saturated carbocycles. The minimum Gasteiger partial charge on any atom is -0.444 e. The summed E-state index contributed by atoms with van der Waals surface area (Å²) in [4.78, 5) is 50.9. The summed E-state index contributed by atoms with van der Waals surface area (Å²) in [7, 11) is 0. The summed E-state index contributed by atoms with van der Waals surface area (Å²) in [5.41, 5.74) is 5.20. The number of carbonyl (C=O) groups excluding carboxylic acids is 3. The van der Waals surface area contributed by atoms with Gasteiger partial charge in [0.05, 0.1) is 28.5 Å². The molecule has 1 aromatic carbocycles. The van der Waals surface area contributed by atoms with Crippen LogP contribution in [0.2, 0.25) is 0 Å². The van der Waals surface area contributed by atoms with E-state index in [9.17, 15) is 23.6 Å². The molecule has 4 rings (SSSR count).